The minimum Gasteiger partial charge on any atom is -0.338 e. The molecule has 0 spiro atoms. The third kappa shape index (κ3) is 3.58. The SMILES string of the molecule is Cn1cc(CNCCc2nccn2C)c(C2CCCCC2)n1. The first kappa shape index (κ1) is 15.3. The van der Waals surface area contributed by atoms with Crippen molar-refractivity contribution in [2.45, 2.75) is 51.0 Å². The molecule has 5 heteroatoms. The van der Waals surface area contributed by atoms with E-state index in [0.29, 0.717) is 5.92 Å². The zero-order chi connectivity index (χ0) is 15.4. The van der Waals surface area contributed by atoms with Gasteiger partial charge < -0.3 is 9.88 Å². The Labute approximate surface area is 132 Å². The van der Waals surface area contributed by atoms with E-state index in [0.717, 1.165) is 25.3 Å². The molecule has 0 unspecified atom stereocenters. The highest BCUT2D eigenvalue weighted by Crippen LogP contribution is 2.33. The number of nitrogens with zero attached hydrogens (tertiary/aromatic N) is 4. The summed E-state index contributed by atoms with van der Waals surface area (Å²) in [6.07, 6.45) is 13.7. The average molecular weight is 301 g/mol. The Hall–Kier alpha value is -1.62. The number of imidazole rings is 1. The van der Waals surface area contributed by atoms with Gasteiger partial charge in [0.2, 0.25) is 0 Å². The minimum absolute atomic E-state index is 0.668. The molecule has 120 valence electrons. The van der Waals surface area contributed by atoms with E-state index in [4.69, 9.17) is 5.10 Å². The highest BCUT2D eigenvalue weighted by atomic mass is 15.3. The van der Waals surface area contributed by atoms with Gasteiger partial charge in [-0.2, -0.15) is 5.10 Å². The van der Waals surface area contributed by atoms with E-state index >= 15 is 0 Å². The molecule has 0 bridgehead atoms. The minimum atomic E-state index is 0.668. The number of rotatable bonds is 6. The van der Waals surface area contributed by atoms with Crippen molar-refractivity contribution in [3.8, 4) is 0 Å². The van der Waals surface area contributed by atoms with Crippen molar-refractivity contribution in [1.82, 2.24) is 24.6 Å². The third-order valence-electron chi connectivity index (χ3n) is 4.69. The van der Waals surface area contributed by atoms with Gasteiger partial charge in [0.05, 0.1) is 5.69 Å². The van der Waals surface area contributed by atoms with Gasteiger partial charge in [0.15, 0.2) is 0 Å². The number of hydrogen-bond donors (Lipinski definition) is 1. The van der Waals surface area contributed by atoms with Crippen molar-refractivity contribution in [1.29, 1.82) is 0 Å². The van der Waals surface area contributed by atoms with Gasteiger partial charge in [-0.25, -0.2) is 4.98 Å². The standard InChI is InChI=1S/C17H27N5/c1-21-11-10-19-16(21)8-9-18-12-15-13-22(2)20-17(15)14-6-4-3-5-7-14/h10-11,13-14,18H,3-9,12H2,1-2H3. The van der Waals surface area contributed by atoms with Crippen LogP contribution in [0.4, 0.5) is 0 Å². The van der Waals surface area contributed by atoms with Gasteiger partial charge in [-0.05, 0) is 12.8 Å². The van der Waals surface area contributed by atoms with E-state index in [1.165, 1.54) is 43.4 Å². The molecule has 2 aromatic heterocycles. The van der Waals surface area contributed by atoms with Gasteiger partial charge in [-0.3, -0.25) is 4.68 Å². The Morgan fingerprint density at radius 1 is 1.23 bits per heavy atom. The summed E-state index contributed by atoms with van der Waals surface area (Å²) < 4.78 is 4.05. The molecule has 22 heavy (non-hydrogen) atoms. The number of hydrogen-bond acceptors (Lipinski definition) is 3. The number of aromatic nitrogens is 4. The first-order chi connectivity index (χ1) is 10.7. The summed E-state index contributed by atoms with van der Waals surface area (Å²) in [6.45, 7) is 1.86. The predicted octanol–water partition coefficient (Wildman–Crippen LogP) is 2.53. The first-order valence-electron chi connectivity index (χ1n) is 8.43. The topological polar surface area (TPSA) is 47.7 Å². The Balaban J connectivity index is 1.54. The molecule has 0 aromatic carbocycles. The molecule has 1 saturated carbocycles. The van der Waals surface area contributed by atoms with Crippen LogP contribution < -0.4 is 5.32 Å². The van der Waals surface area contributed by atoms with Crippen LogP contribution in [0.25, 0.3) is 0 Å². The van der Waals surface area contributed by atoms with Crippen LogP contribution in [-0.2, 0) is 27.1 Å². The maximum absolute atomic E-state index is 4.74. The van der Waals surface area contributed by atoms with Crippen LogP contribution in [0.1, 0.15) is 55.1 Å². The Kier molecular flexibility index (Phi) is 4.93. The van der Waals surface area contributed by atoms with Crippen molar-refractivity contribution < 1.29 is 0 Å². The van der Waals surface area contributed by atoms with E-state index in [-0.39, 0.29) is 0 Å². The van der Waals surface area contributed by atoms with Crippen LogP contribution in [0, 0.1) is 0 Å². The molecular weight excluding hydrogens is 274 g/mol. The van der Waals surface area contributed by atoms with E-state index in [2.05, 4.69) is 21.1 Å². The van der Waals surface area contributed by atoms with Gasteiger partial charge in [-0.1, -0.05) is 19.3 Å². The Morgan fingerprint density at radius 3 is 2.77 bits per heavy atom. The lowest BCUT2D eigenvalue weighted by Crippen LogP contribution is -2.19. The maximum Gasteiger partial charge on any atom is 0.109 e. The second kappa shape index (κ2) is 7.09. The fourth-order valence-electron chi connectivity index (χ4n) is 3.47. The monoisotopic (exact) mass is 301 g/mol. The summed E-state index contributed by atoms with van der Waals surface area (Å²) in [7, 11) is 4.08. The molecule has 0 aliphatic heterocycles. The molecule has 1 fully saturated rings. The number of nitrogens with one attached hydrogen (secondary N) is 1. The van der Waals surface area contributed by atoms with E-state index in [1.54, 1.807) is 0 Å². The molecule has 2 heterocycles. The first-order valence-corrected chi connectivity index (χ1v) is 8.43. The summed E-state index contributed by atoms with van der Waals surface area (Å²) in [4.78, 5) is 4.36. The van der Waals surface area contributed by atoms with E-state index in [9.17, 15) is 0 Å². The van der Waals surface area contributed by atoms with Crippen molar-refractivity contribution >= 4 is 0 Å². The highest BCUT2D eigenvalue weighted by molar-refractivity contribution is 5.21. The van der Waals surface area contributed by atoms with Crippen molar-refractivity contribution in [3.63, 3.8) is 0 Å². The second-order valence-corrected chi connectivity index (χ2v) is 6.43. The normalized spacial score (nSPS) is 16.3. The molecule has 5 nitrogen and oxygen atoms in total. The fraction of sp³-hybridized carbons (Fsp3) is 0.647. The molecule has 3 rings (SSSR count). The zero-order valence-electron chi connectivity index (χ0n) is 13.8. The van der Waals surface area contributed by atoms with Crippen LogP contribution in [0.15, 0.2) is 18.6 Å². The van der Waals surface area contributed by atoms with Gasteiger partial charge in [0.25, 0.3) is 0 Å². The van der Waals surface area contributed by atoms with Crippen LogP contribution in [-0.4, -0.2) is 25.9 Å². The van der Waals surface area contributed by atoms with Crippen molar-refractivity contribution in [2.24, 2.45) is 14.1 Å². The van der Waals surface area contributed by atoms with Crippen LogP contribution in [0.2, 0.25) is 0 Å². The lowest BCUT2D eigenvalue weighted by Gasteiger charge is -2.21. The zero-order valence-corrected chi connectivity index (χ0v) is 13.8. The van der Waals surface area contributed by atoms with Crippen LogP contribution >= 0.6 is 0 Å². The molecule has 1 aliphatic rings. The number of aryl methyl sites for hydroxylation is 2. The smallest absolute Gasteiger partial charge is 0.109 e. The molecule has 2 aromatic rings. The summed E-state index contributed by atoms with van der Waals surface area (Å²) in [5, 5.41) is 8.29. The Bertz CT molecular complexity index is 592. The molecule has 0 radical (unpaired) electrons. The van der Waals surface area contributed by atoms with E-state index in [1.807, 2.05) is 31.2 Å². The molecule has 0 amide bonds. The van der Waals surface area contributed by atoms with Gasteiger partial charge >= 0.3 is 0 Å². The molecular formula is C17H27N5. The molecule has 1 N–H and O–H groups in total. The van der Waals surface area contributed by atoms with Crippen LogP contribution in [0.5, 0.6) is 0 Å². The second-order valence-electron chi connectivity index (χ2n) is 6.43. The summed E-state index contributed by atoms with van der Waals surface area (Å²) in [6, 6.07) is 0. The quantitative estimate of drug-likeness (QED) is 0.834. The molecule has 0 saturated heterocycles. The van der Waals surface area contributed by atoms with Gasteiger partial charge in [0.1, 0.15) is 5.82 Å². The third-order valence-corrected chi connectivity index (χ3v) is 4.69. The highest BCUT2D eigenvalue weighted by Gasteiger charge is 2.21. The van der Waals surface area contributed by atoms with Crippen molar-refractivity contribution in [2.75, 3.05) is 6.54 Å². The predicted molar refractivity (Wildman–Crippen MR) is 87.7 cm³/mol. The summed E-state index contributed by atoms with van der Waals surface area (Å²) in [5.41, 5.74) is 2.70. The largest absolute Gasteiger partial charge is 0.338 e. The van der Waals surface area contributed by atoms with Gasteiger partial charge in [0, 0.05) is 63.7 Å². The molecule has 0 atom stereocenters. The summed E-state index contributed by atoms with van der Waals surface area (Å²) in [5.74, 6) is 1.80. The van der Waals surface area contributed by atoms with Crippen molar-refractivity contribution in [3.05, 3.63) is 35.7 Å². The lowest BCUT2D eigenvalue weighted by molar-refractivity contribution is 0.431. The fourth-order valence-corrected chi connectivity index (χ4v) is 3.47. The molecule has 1 aliphatic carbocycles. The lowest BCUT2D eigenvalue weighted by atomic mass is 9.85. The van der Waals surface area contributed by atoms with Crippen LogP contribution in [0.3, 0.4) is 0 Å². The Morgan fingerprint density at radius 2 is 2.05 bits per heavy atom. The van der Waals surface area contributed by atoms with E-state index < -0.39 is 0 Å². The maximum atomic E-state index is 4.74. The average Bonchev–Trinajstić information content (AvgIpc) is 3.10. The van der Waals surface area contributed by atoms with Gasteiger partial charge in [-0.15, -0.1) is 0 Å². The summed E-state index contributed by atoms with van der Waals surface area (Å²) >= 11 is 0.